The number of anilines is 2. The van der Waals surface area contributed by atoms with E-state index < -0.39 is 0 Å². The molecule has 0 radical (unpaired) electrons. The summed E-state index contributed by atoms with van der Waals surface area (Å²) in [6.45, 7) is 12.6. The first kappa shape index (κ1) is 16.7. The van der Waals surface area contributed by atoms with Gasteiger partial charge in [0.2, 0.25) is 5.91 Å². The van der Waals surface area contributed by atoms with Gasteiger partial charge in [-0.2, -0.15) is 0 Å². The molecule has 1 saturated heterocycles. The van der Waals surface area contributed by atoms with Crippen molar-refractivity contribution in [1.29, 1.82) is 0 Å². The Balaban J connectivity index is 1.89. The van der Waals surface area contributed by atoms with Crippen LogP contribution in [0.5, 0.6) is 0 Å². The predicted octanol–water partition coefficient (Wildman–Crippen LogP) is 2.50. The third-order valence-electron chi connectivity index (χ3n) is 4.47. The Morgan fingerprint density at radius 1 is 1.36 bits per heavy atom. The Bertz CT molecular complexity index is 486. The van der Waals surface area contributed by atoms with Gasteiger partial charge in [-0.15, -0.1) is 0 Å². The number of nitrogens with zero attached hydrogens (tertiary/aromatic N) is 2. The topological polar surface area (TPSA) is 57.3 Å². The minimum atomic E-state index is 0.0323. The van der Waals surface area contributed by atoms with Gasteiger partial charge in [-0.1, -0.05) is 27.7 Å². The first-order chi connectivity index (χ1) is 10.4. The third kappa shape index (κ3) is 4.70. The summed E-state index contributed by atoms with van der Waals surface area (Å²) in [5.41, 5.74) is 1.25. The SMILES string of the molecule is CC(CC(=O)Nc1ccc(N2CCNCC2)cn1)C(C)(C)C. The molecule has 0 saturated carbocycles. The highest BCUT2D eigenvalue weighted by Gasteiger charge is 2.22. The van der Waals surface area contributed by atoms with Crippen molar-refractivity contribution in [3.63, 3.8) is 0 Å². The van der Waals surface area contributed by atoms with E-state index in [1.54, 1.807) is 0 Å². The van der Waals surface area contributed by atoms with Crippen LogP contribution in [0, 0.1) is 11.3 Å². The van der Waals surface area contributed by atoms with Crippen molar-refractivity contribution in [2.24, 2.45) is 11.3 Å². The molecule has 5 heteroatoms. The molecule has 1 amide bonds. The van der Waals surface area contributed by atoms with E-state index in [2.05, 4.69) is 48.2 Å². The number of pyridine rings is 1. The summed E-state index contributed by atoms with van der Waals surface area (Å²) in [7, 11) is 0. The van der Waals surface area contributed by atoms with Crippen LogP contribution in [0.15, 0.2) is 18.3 Å². The number of piperazine rings is 1. The van der Waals surface area contributed by atoms with Crippen LogP contribution in [0.1, 0.15) is 34.1 Å². The molecule has 1 fully saturated rings. The normalized spacial score (nSPS) is 17.2. The fourth-order valence-corrected chi connectivity index (χ4v) is 2.35. The van der Waals surface area contributed by atoms with Crippen LogP contribution in [0.4, 0.5) is 11.5 Å². The molecule has 1 aromatic rings. The van der Waals surface area contributed by atoms with Crippen molar-refractivity contribution < 1.29 is 4.79 Å². The lowest BCUT2D eigenvalue weighted by atomic mass is 9.80. The zero-order valence-electron chi connectivity index (χ0n) is 14.1. The summed E-state index contributed by atoms with van der Waals surface area (Å²) < 4.78 is 0. The molecule has 5 nitrogen and oxygen atoms in total. The summed E-state index contributed by atoms with van der Waals surface area (Å²) in [5.74, 6) is 0.988. The van der Waals surface area contributed by atoms with Crippen molar-refractivity contribution in [1.82, 2.24) is 10.3 Å². The Hall–Kier alpha value is -1.62. The van der Waals surface area contributed by atoms with Crippen LogP contribution in [0.2, 0.25) is 0 Å². The zero-order valence-corrected chi connectivity index (χ0v) is 14.1. The van der Waals surface area contributed by atoms with Crippen LogP contribution in [-0.2, 0) is 4.79 Å². The van der Waals surface area contributed by atoms with E-state index >= 15 is 0 Å². The van der Waals surface area contributed by atoms with Crippen LogP contribution in [0.3, 0.4) is 0 Å². The first-order valence-corrected chi connectivity index (χ1v) is 8.08. The van der Waals surface area contributed by atoms with Crippen molar-refractivity contribution in [3.8, 4) is 0 Å². The smallest absolute Gasteiger partial charge is 0.225 e. The Morgan fingerprint density at radius 2 is 2.05 bits per heavy atom. The minimum absolute atomic E-state index is 0.0323. The van der Waals surface area contributed by atoms with E-state index in [-0.39, 0.29) is 11.3 Å². The lowest BCUT2D eigenvalue weighted by Crippen LogP contribution is -2.43. The predicted molar refractivity (Wildman–Crippen MR) is 91.2 cm³/mol. The van der Waals surface area contributed by atoms with Gasteiger partial charge >= 0.3 is 0 Å². The highest BCUT2D eigenvalue weighted by atomic mass is 16.1. The summed E-state index contributed by atoms with van der Waals surface area (Å²) in [4.78, 5) is 18.8. The molecule has 2 N–H and O–H groups in total. The van der Waals surface area contributed by atoms with Gasteiger partial charge in [-0.3, -0.25) is 4.79 Å². The molecule has 22 heavy (non-hydrogen) atoms. The molecule has 1 aliphatic rings. The average Bonchev–Trinajstić information content (AvgIpc) is 2.48. The molecule has 1 aliphatic heterocycles. The molecular formula is C17H28N4O. The lowest BCUT2D eigenvalue weighted by molar-refractivity contribution is -0.117. The summed E-state index contributed by atoms with van der Waals surface area (Å²) >= 11 is 0. The van der Waals surface area contributed by atoms with Gasteiger partial charge in [0.1, 0.15) is 5.82 Å². The van der Waals surface area contributed by atoms with Crippen molar-refractivity contribution in [3.05, 3.63) is 18.3 Å². The highest BCUT2D eigenvalue weighted by Crippen LogP contribution is 2.28. The van der Waals surface area contributed by atoms with E-state index in [1.807, 2.05) is 18.3 Å². The van der Waals surface area contributed by atoms with E-state index in [0.717, 1.165) is 31.9 Å². The maximum atomic E-state index is 12.1. The van der Waals surface area contributed by atoms with Crippen molar-refractivity contribution in [2.45, 2.75) is 34.1 Å². The molecule has 1 unspecified atom stereocenters. The van der Waals surface area contributed by atoms with Crippen molar-refractivity contribution in [2.75, 3.05) is 36.4 Å². The van der Waals surface area contributed by atoms with Gasteiger partial charge in [0.25, 0.3) is 0 Å². The molecule has 0 spiro atoms. The number of nitrogens with one attached hydrogen (secondary N) is 2. The Morgan fingerprint density at radius 3 is 2.59 bits per heavy atom. The monoisotopic (exact) mass is 304 g/mol. The molecule has 2 rings (SSSR count). The molecule has 0 aromatic carbocycles. The van der Waals surface area contributed by atoms with Gasteiger partial charge in [-0.05, 0) is 23.5 Å². The molecule has 122 valence electrons. The third-order valence-corrected chi connectivity index (χ3v) is 4.47. The fourth-order valence-electron chi connectivity index (χ4n) is 2.35. The largest absolute Gasteiger partial charge is 0.368 e. The second kappa shape index (κ2) is 7.09. The van der Waals surface area contributed by atoms with Gasteiger partial charge in [0.05, 0.1) is 11.9 Å². The summed E-state index contributed by atoms with van der Waals surface area (Å²) in [6.07, 6.45) is 2.36. The average molecular weight is 304 g/mol. The quantitative estimate of drug-likeness (QED) is 0.897. The number of hydrogen-bond acceptors (Lipinski definition) is 4. The van der Waals surface area contributed by atoms with Gasteiger partial charge in [0, 0.05) is 32.6 Å². The van der Waals surface area contributed by atoms with E-state index in [0.29, 0.717) is 18.2 Å². The zero-order chi connectivity index (χ0) is 16.2. The van der Waals surface area contributed by atoms with Gasteiger partial charge in [0.15, 0.2) is 0 Å². The van der Waals surface area contributed by atoms with Crippen LogP contribution in [-0.4, -0.2) is 37.1 Å². The van der Waals surface area contributed by atoms with Crippen LogP contribution < -0.4 is 15.5 Å². The standard InChI is InChI=1S/C17H28N4O/c1-13(17(2,3)4)11-16(22)20-15-6-5-14(12-19-15)21-9-7-18-8-10-21/h5-6,12-13,18H,7-11H2,1-4H3,(H,19,20,22). The van der Waals surface area contributed by atoms with E-state index in [9.17, 15) is 4.79 Å². The lowest BCUT2D eigenvalue weighted by Gasteiger charge is -2.29. The number of rotatable bonds is 4. The molecule has 1 aromatic heterocycles. The van der Waals surface area contributed by atoms with Crippen molar-refractivity contribution >= 4 is 17.4 Å². The first-order valence-electron chi connectivity index (χ1n) is 8.08. The molecule has 1 atom stereocenters. The molecular weight excluding hydrogens is 276 g/mol. The van der Waals surface area contributed by atoms with E-state index in [1.165, 1.54) is 0 Å². The van der Waals surface area contributed by atoms with Gasteiger partial charge < -0.3 is 15.5 Å². The molecule has 0 bridgehead atoms. The molecule has 2 heterocycles. The summed E-state index contributed by atoms with van der Waals surface area (Å²) in [5, 5.41) is 6.23. The second-order valence-electron chi connectivity index (χ2n) is 7.16. The van der Waals surface area contributed by atoms with Crippen LogP contribution in [0.25, 0.3) is 0 Å². The summed E-state index contributed by atoms with van der Waals surface area (Å²) in [6, 6.07) is 3.91. The maximum Gasteiger partial charge on any atom is 0.225 e. The number of amides is 1. The Labute approximate surface area is 133 Å². The van der Waals surface area contributed by atoms with E-state index in [4.69, 9.17) is 0 Å². The number of aromatic nitrogens is 1. The number of carbonyl (C=O) groups is 1. The van der Waals surface area contributed by atoms with Gasteiger partial charge in [-0.25, -0.2) is 4.98 Å². The Kier molecular flexibility index (Phi) is 5.40. The second-order valence-corrected chi connectivity index (χ2v) is 7.16. The maximum absolute atomic E-state index is 12.1. The minimum Gasteiger partial charge on any atom is -0.368 e. The number of carbonyl (C=O) groups excluding carboxylic acids is 1. The fraction of sp³-hybridized carbons (Fsp3) is 0.647. The van der Waals surface area contributed by atoms with Crippen LogP contribution >= 0.6 is 0 Å². The highest BCUT2D eigenvalue weighted by molar-refractivity contribution is 5.90. The molecule has 0 aliphatic carbocycles. The number of hydrogen-bond donors (Lipinski definition) is 2.